The van der Waals surface area contributed by atoms with Crippen LogP contribution in [0.4, 0.5) is 0 Å². The lowest BCUT2D eigenvalue weighted by molar-refractivity contribution is -0.170. The van der Waals surface area contributed by atoms with Gasteiger partial charge in [-0.05, 0) is 32.4 Å². The standard InChI is InChI=1S/C18H25N5S.C6H8O7/c1-3-23-15-20-11-17(23)12-22(13-18-6-5-16(2)24-18)9-4-8-21-10-7-19-14-21;7-3(8)1-6(13,5(11)12)2-4(9)10/h5-7,10-11,14-15H,3-4,8-9,12-13H2,1-2H3;13H,1-2H2,(H,7,8)(H,9,10)(H,11,12). The van der Waals surface area contributed by atoms with E-state index in [2.05, 4.69) is 50.0 Å². The number of carboxylic acids is 3. The average Bonchev–Trinajstić information content (AvgIpc) is 3.56. The lowest BCUT2D eigenvalue weighted by Gasteiger charge is -2.22. The van der Waals surface area contributed by atoms with E-state index in [1.165, 1.54) is 15.4 Å². The fraction of sp³-hybridized carbons (Fsp3) is 0.458. The van der Waals surface area contributed by atoms with Gasteiger partial charge in [-0.1, -0.05) is 0 Å². The molecule has 13 heteroatoms. The maximum Gasteiger partial charge on any atom is 0.336 e. The predicted octanol–water partition coefficient (Wildman–Crippen LogP) is 2.31. The molecule has 3 heterocycles. The third kappa shape index (κ3) is 10.1. The van der Waals surface area contributed by atoms with Gasteiger partial charge in [0.25, 0.3) is 0 Å². The molecule has 37 heavy (non-hydrogen) atoms. The summed E-state index contributed by atoms with van der Waals surface area (Å²) in [5.74, 6) is -5.02. The van der Waals surface area contributed by atoms with Crippen molar-refractivity contribution in [1.82, 2.24) is 24.0 Å². The van der Waals surface area contributed by atoms with Crippen LogP contribution in [-0.2, 0) is 40.6 Å². The Balaban J connectivity index is 0.000000317. The number of carbonyl (C=O) groups is 3. The Hall–Kier alpha value is -3.55. The summed E-state index contributed by atoms with van der Waals surface area (Å²) in [5, 5.41) is 33.8. The van der Waals surface area contributed by atoms with Crippen molar-refractivity contribution in [1.29, 1.82) is 0 Å². The zero-order valence-electron chi connectivity index (χ0n) is 20.9. The summed E-state index contributed by atoms with van der Waals surface area (Å²) < 4.78 is 4.37. The minimum Gasteiger partial charge on any atom is -0.481 e. The maximum atomic E-state index is 10.3. The third-order valence-electron chi connectivity index (χ3n) is 5.44. The summed E-state index contributed by atoms with van der Waals surface area (Å²) in [6.07, 6.45) is 8.49. The van der Waals surface area contributed by atoms with Crippen molar-refractivity contribution in [2.24, 2.45) is 0 Å². The highest BCUT2D eigenvalue weighted by Gasteiger charge is 2.40. The van der Waals surface area contributed by atoms with E-state index in [0.717, 1.165) is 39.1 Å². The second-order valence-electron chi connectivity index (χ2n) is 8.53. The molecule has 0 aromatic carbocycles. The van der Waals surface area contributed by atoms with Crippen molar-refractivity contribution < 1.29 is 34.8 Å². The lowest BCUT2D eigenvalue weighted by Crippen LogP contribution is -2.42. The number of aliphatic hydroxyl groups is 1. The number of nitrogens with zero attached hydrogens (tertiary/aromatic N) is 5. The van der Waals surface area contributed by atoms with Gasteiger partial charge in [-0.2, -0.15) is 0 Å². The molecule has 0 aliphatic rings. The van der Waals surface area contributed by atoms with Crippen LogP contribution in [0.1, 0.15) is 41.6 Å². The maximum absolute atomic E-state index is 10.3. The van der Waals surface area contributed by atoms with Crippen LogP contribution in [0.2, 0.25) is 0 Å². The summed E-state index contributed by atoms with van der Waals surface area (Å²) in [5.41, 5.74) is -1.45. The molecule has 3 rings (SSSR count). The molecule has 0 aliphatic heterocycles. The monoisotopic (exact) mass is 535 g/mol. The van der Waals surface area contributed by atoms with Gasteiger partial charge in [0.05, 0.1) is 31.2 Å². The lowest BCUT2D eigenvalue weighted by atomic mass is 9.96. The molecule has 4 N–H and O–H groups in total. The van der Waals surface area contributed by atoms with Gasteiger partial charge in [-0.15, -0.1) is 11.3 Å². The topological polar surface area (TPSA) is 171 Å². The van der Waals surface area contributed by atoms with Crippen molar-refractivity contribution in [2.45, 2.75) is 64.9 Å². The number of imidazole rings is 2. The number of aliphatic carboxylic acids is 3. The fourth-order valence-electron chi connectivity index (χ4n) is 3.61. The molecule has 0 amide bonds. The van der Waals surface area contributed by atoms with E-state index in [-0.39, 0.29) is 0 Å². The number of carboxylic acid groups (broad SMARTS) is 3. The van der Waals surface area contributed by atoms with Crippen molar-refractivity contribution >= 4 is 29.2 Å². The second kappa shape index (κ2) is 14.3. The number of aryl methyl sites for hydroxylation is 3. The molecule has 12 nitrogen and oxygen atoms in total. The molecular formula is C24H33N5O7S. The fourth-order valence-corrected chi connectivity index (χ4v) is 4.54. The Morgan fingerprint density at radius 2 is 1.76 bits per heavy atom. The molecular weight excluding hydrogens is 502 g/mol. The van der Waals surface area contributed by atoms with E-state index < -0.39 is 36.4 Å². The van der Waals surface area contributed by atoms with Crippen LogP contribution >= 0.6 is 11.3 Å². The average molecular weight is 536 g/mol. The molecule has 0 unspecified atom stereocenters. The van der Waals surface area contributed by atoms with Gasteiger partial charge in [-0.3, -0.25) is 14.5 Å². The summed E-state index contributed by atoms with van der Waals surface area (Å²) in [7, 11) is 0. The van der Waals surface area contributed by atoms with Gasteiger partial charge in [0.2, 0.25) is 0 Å². The van der Waals surface area contributed by atoms with Crippen molar-refractivity contribution in [2.75, 3.05) is 6.54 Å². The normalized spacial score (nSPS) is 11.2. The first-order chi connectivity index (χ1) is 17.5. The number of thiophene rings is 1. The van der Waals surface area contributed by atoms with Gasteiger partial charge >= 0.3 is 17.9 Å². The predicted molar refractivity (Wildman–Crippen MR) is 135 cm³/mol. The first kappa shape index (κ1) is 29.7. The van der Waals surface area contributed by atoms with E-state index in [1.54, 1.807) is 0 Å². The Bertz CT molecular complexity index is 1130. The van der Waals surface area contributed by atoms with E-state index in [4.69, 9.17) is 20.4 Å². The SMILES string of the molecule is CCn1cncc1CN(CCCn1ccnc1)Cc1ccc(C)s1.O=C(O)CC(O)(CC(=O)O)C(=O)O. The number of aromatic nitrogens is 4. The molecule has 0 aliphatic carbocycles. The molecule has 0 saturated carbocycles. The molecule has 0 radical (unpaired) electrons. The highest BCUT2D eigenvalue weighted by molar-refractivity contribution is 7.11. The molecule has 0 fully saturated rings. The number of rotatable bonds is 14. The minimum atomic E-state index is -2.74. The third-order valence-corrected chi connectivity index (χ3v) is 6.42. The highest BCUT2D eigenvalue weighted by Crippen LogP contribution is 2.19. The largest absolute Gasteiger partial charge is 0.481 e. The van der Waals surface area contributed by atoms with Crippen molar-refractivity contribution in [3.63, 3.8) is 0 Å². The second-order valence-corrected chi connectivity index (χ2v) is 9.90. The number of hydrogen-bond acceptors (Lipinski definition) is 8. The van der Waals surface area contributed by atoms with E-state index in [9.17, 15) is 14.4 Å². The van der Waals surface area contributed by atoms with Crippen LogP contribution in [0.3, 0.4) is 0 Å². The van der Waals surface area contributed by atoms with E-state index >= 15 is 0 Å². The first-order valence-electron chi connectivity index (χ1n) is 11.6. The molecule has 3 aromatic rings. The van der Waals surface area contributed by atoms with Gasteiger partial charge in [-0.25, -0.2) is 14.8 Å². The van der Waals surface area contributed by atoms with Crippen LogP contribution in [0.25, 0.3) is 0 Å². The van der Waals surface area contributed by atoms with Crippen molar-refractivity contribution in [3.8, 4) is 0 Å². The van der Waals surface area contributed by atoms with E-state index in [0.29, 0.717) is 0 Å². The molecule has 0 atom stereocenters. The Morgan fingerprint density at radius 3 is 2.27 bits per heavy atom. The summed E-state index contributed by atoms with van der Waals surface area (Å²) >= 11 is 1.89. The Labute approximate surface area is 218 Å². The van der Waals surface area contributed by atoms with Crippen LogP contribution < -0.4 is 0 Å². The summed E-state index contributed by atoms with van der Waals surface area (Å²) in [6, 6.07) is 4.46. The minimum absolute atomic E-state index is 0.939. The smallest absolute Gasteiger partial charge is 0.336 e. The first-order valence-corrected chi connectivity index (χ1v) is 12.5. The Morgan fingerprint density at radius 1 is 1.05 bits per heavy atom. The molecule has 0 bridgehead atoms. The van der Waals surface area contributed by atoms with Crippen LogP contribution in [0.15, 0.2) is 43.4 Å². The Kier molecular flexibility index (Phi) is 11.4. The van der Waals surface area contributed by atoms with Gasteiger partial charge in [0.1, 0.15) is 0 Å². The molecule has 0 saturated heterocycles. The van der Waals surface area contributed by atoms with Crippen LogP contribution in [-0.4, -0.2) is 74.5 Å². The quantitative estimate of drug-likeness (QED) is 0.240. The van der Waals surface area contributed by atoms with Gasteiger partial charge in [0, 0.05) is 61.1 Å². The van der Waals surface area contributed by atoms with Gasteiger partial charge in [0.15, 0.2) is 5.60 Å². The highest BCUT2D eigenvalue weighted by atomic mass is 32.1. The number of hydrogen-bond donors (Lipinski definition) is 4. The molecule has 202 valence electrons. The van der Waals surface area contributed by atoms with Crippen LogP contribution in [0, 0.1) is 6.92 Å². The summed E-state index contributed by atoms with van der Waals surface area (Å²) in [6.45, 7) is 9.31. The summed E-state index contributed by atoms with van der Waals surface area (Å²) in [4.78, 5) is 44.2. The van der Waals surface area contributed by atoms with E-state index in [1.807, 2.05) is 42.6 Å². The van der Waals surface area contributed by atoms with Gasteiger partial charge < -0.3 is 29.6 Å². The zero-order valence-corrected chi connectivity index (χ0v) is 21.7. The molecule has 0 spiro atoms. The zero-order chi connectivity index (χ0) is 27.4. The van der Waals surface area contributed by atoms with Crippen LogP contribution in [0.5, 0.6) is 0 Å². The van der Waals surface area contributed by atoms with Crippen molar-refractivity contribution in [3.05, 3.63) is 58.8 Å². The molecule has 3 aromatic heterocycles.